The summed E-state index contributed by atoms with van der Waals surface area (Å²) in [5.41, 5.74) is 0.309. The molecule has 0 radical (unpaired) electrons. The zero-order valence-electron chi connectivity index (χ0n) is 9.61. The van der Waals surface area contributed by atoms with Crippen LogP contribution in [0.1, 0.15) is 18.9 Å². The maximum absolute atomic E-state index is 10.3. The lowest BCUT2D eigenvalue weighted by atomic mass is 9.91. The fourth-order valence-electron chi connectivity index (χ4n) is 2.19. The van der Waals surface area contributed by atoms with Gasteiger partial charge in [0.05, 0.1) is 31.3 Å². The van der Waals surface area contributed by atoms with Gasteiger partial charge < -0.3 is 19.6 Å². The first-order chi connectivity index (χ1) is 7.66. The molecule has 0 bridgehead atoms. The minimum Gasteiger partial charge on any atom is -0.472 e. The van der Waals surface area contributed by atoms with Crippen molar-refractivity contribution in [3.8, 4) is 0 Å². The minimum absolute atomic E-state index is 0.246. The van der Waals surface area contributed by atoms with Gasteiger partial charge in [-0.15, -0.1) is 0 Å². The smallest absolute Gasteiger partial charge is 0.0935 e. The molecule has 1 aromatic heterocycles. The average molecular weight is 225 g/mol. The van der Waals surface area contributed by atoms with Crippen LogP contribution < -0.4 is 5.32 Å². The SMILES string of the molecule is CC(O)(Cc1ccoc1)CC1COCCN1. The molecular formula is C12H19NO3. The van der Waals surface area contributed by atoms with Crippen molar-refractivity contribution in [2.45, 2.75) is 31.4 Å². The number of furan rings is 1. The number of aliphatic hydroxyl groups is 1. The molecule has 0 aliphatic carbocycles. The van der Waals surface area contributed by atoms with Crippen LogP contribution in [-0.2, 0) is 11.2 Å². The number of morpholine rings is 1. The lowest BCUT2D eigenvalue weighted by Gasteiger charge is -2.31. The molecule has 0 amide bonds. The van der Waals surface area contributed by atoms with E-state index in [1.165, 1.54) is 0 Å². The van der Waals surface area contributed by atoms with Crippen molar-refractivity contribution < 1.29 is 14.3 Å². The van der Waals surface area contributed by atoms with Gasteiger partial charge in [-0.05, 0) is 25.0 Å². The van der Waals surface area contributed by atoms with Crippen molar-refractivity contribution in [2.75, 3.05) is 19.8 Å². The zero-order valence-corrected chi connectivity index (χ0v) is 9.61. The van der Waals surface area contributed by atoms with Gasteiger partial charge in [0.15, 0.2) is 0 Å². The Morgan fingerprint density at radius 3 is 3.12 bits per heavy atom. The molecule has 16 heavy (non-hydrogen) atoms. The summed E-state index contributed by atoms with van der Waals surface area (Å²) in [5, 5.41) is 13.6. The molecule has 2 atom stereocenters. The molecular weight excluding hydrogens is 206 g/mol. The van der Waals surface area contributed by atoms with Crippen molar-refractivity contribution in [3.05, 3.63) is 24.2 Å². The molecule has 1 aliphatic heterocycles. The first-order valence-corrected chi connectivity index (χ1v) is 5.70. The lowest BCUT2D eigenvalue weighted by molar-refractivity contribution is 0.00643. The first-order valence-electron chi connectivity index (χ1n) is 5.70. The Labute approximate surface area is 95.6 Å². The molecule has 0 spiro atoms. The van der Waals surface area contributed by atoms with Gasteiger partial charge in [-0.25, -0.2) is 0 Å². The monoisotopic (exact) mass is 225 g/mol. The summed E-state index contributed by atoms with van der Waals surface area (Å²) in [4.78, 5) is 0. The van der Waals surface area contributed by atoms with Crippen LogP contribution in [-0.4, -0.2) is 36.5 Å². The Bertz CT molecular complexity index is 302. The van der Waals surface area contributed by atoms with Gasteiger partial charge in [-0.3, -0.25) is 0 Å². The molecule has 90 valence electrons. The average Bonchev–Trinajstić information content (AvgIpc) is 2.70. The molecule has 2 N–H and O–H groups in total. The zero-order chi connectivity index (χ0) is 11.4. The van der Waals surface area contributed by atoms with Crippen LogP contribution >= 0.6 is 0 Å². The van der Waals surface area contributed by atoms with Gasteiger partial charge in [0.2, 0.25) is 0 Å². The van der Waals surface area contributed by atoms with Gasteiger partial charge in [0.25, 0.3) is 0 Å². The van der Waals surface area contributed by atoms with E-state index >= 15 is 0 Å². The summed E-state index contributed by atoms with van der Waals surface area (Å²) in [5.74, 6) is 0. The molecule has 0 aromatic carbocycles. The number of ether oxygens (including phenoxy) is 1. The van der Waals surface area contributed by atoms with Crippen LogP contribution in [0.4, 0.5) is 0 Å². The third-order valence-corrected chi connectivity index (χ3v) is 2.85. The van der Waals surface area contributed by atoms with Crippen molar-refractivity contribution >= 4 is 0 Å². The van der Waals surface area contributed by atoms with Gasteiger partial charge >= 0.3 is 0 Å². The van der Waals surface area contributed by atoms with E-state index in [0.29, 0.717) is 19.4 Å². The van der Waals surface area contributed by atoms with Crippen molar-refractivity contribution in [1.29, 1.82) is 0 Å². The Morgan fingerprint density at radius 1 is 1.62 bits per heavy atom. The maximum atomic E-state index is 10.3. The highest BCUT2D eigenvalue weighted by molar-refractivity contribution is 5.09. The first kappa shape index (κ1) is 11.6. The number of hydrogen-bond acceptors (Lipinski definition) is 4. The number of nitrogens with one attached hydrogen (secondary N) is 1. The predicted octanol–water partition coefficient (Wildman–Crippen LogP) is 0.952. The van der Waals surface area contributed by atoms with Gasteiger partial charge in [-0.1, -0.05) is 0 Å². The van der Waals surface area contributed by atoms with E-state index in [1.54, 1.807) is 12.5 Å². The molecule has 4 heteroatoms. The lowest BCUT2D eigenvalue weighted by Crippen LogP contribution is -2.46. The minimum atomic E-state index is -0.720. The van der Waals surface area contributed by atoms with Crippen molar-refractivity contribution in [2.24, 2.45) is 0 Å². The van der Waals surface area contributed by atoms with E-state index in [4.69, 9.17) is 9.15 Å². The van der Waals surface area contributed by atoms with Crippen LogP contribution in [0.2, 0.25) is 0 Å². The van der Waals surface area contributed by atoms with E-state index in [0.717, 1.165) is 18.7 Å². The number of rotatable bonds is 4. The maximum Gasteiger partial charge on any atom is 0.0935 e. The highest BCUT2D eigenvalue weighted by Crippen LogP contribution is 2.20. The summed E-state index contributed by atoms with van der Waals surface area (Å²) in [6, 6.07) is 2.13. The standard InChI is InChI=1S/C12H19NO3/c1-12(14,6-10-2-4-15-8-10)7-11-9-16-5-3-13-11/h2,4,8,11,13-14H,3,5-7,9H2,1H3. The second-order valence-corrected chi connectivity index (χ2v) is 4.74. The summed E-state index contributed by atoms with van der Waals surface area (Å²) < 4.78 is 10.4. The molecule has 1 fully saturated rings. The molecule has 1 saturated heterocycles. The second kappa shape index (κ2) is 4.99. The molecule has 2 unspecified atom stereocenters. The van der Waals surface area contributed by atoms with Gasteiger partial charge in [0, 0.05) is 19.0 Å². The van der Waals surface area contributed by atoms with Crippen LogP contribution in [0.15, 0.2) is 23.0 Å². The molecule has 4 nitrogen and oxygen atoms in total. The van der Waals surface area contributed by atoms with E-state index in [2.05, 4.69) is 5.32 Å². The fraction of sp³-hybridized carbons (Fsp3) is 0.667. The second-order valence-electron chi connectivity index (χ2n) is 4.74. The quantitative estimate of drug-likeness (QED) is 0.801. The Morgan fingerprint density at radius 2 is 2.50 bits per heavy atom. The topological polar surface area (TPSA) is 54.6 Å². The largest absolute Gasteiger partial charge is 0.472 e. The molecule has 1 aliphatic rings. The third kappa shape index (κ3) is 3.33. The molecule has 0 saturated carbocycles. The van der Waals surface area contributed by atoms with Crippen LogP contribution in [0.5, 0.6) is 0 Å². The van der Waals surface area contributed by atoms with Crippen LogP contribution in [0.25, 0.3) is 0 Å². The molecule has 2 heterocycles. The van der Waals surface area contributed by atoms with Gasteiger partial charge in [0.1, 0.15) is 0 Å². The fourth-order valence-corrected chi connectivity index (χ4v) is 2.19. The van der Waals surface area contributed by atoms with Crippen molar-refractivity contribution in [1.82, 2.24) is 5.32 Å². The summed E-state index contributed by atoms with van der Waals surface area (Å²) >= 11 is 0. The Hall–Kier alpha value is -0.840. The highest BCUT2D eigenvalue weighted by atomic mass is 16.5. The van der Waals surface area contributed by atoms with E-state index in [9.17, 15) is 5.11 Å². The van der Waals surface area contributed by atoms with E-state index < -0.39 is 5.60 Å². The van der Waals surface area contributed by atoms with Crippen LogP contribution in [0.3, 0.4) is 0 Å². The Kier molecular flexibility index (Phi) is 3.63. The van der Waals surface area contributed by atoms with Gasteiger partial charge in [-0.2, -0.15) is 0 Å². The highest BCUT2D eigenvalue weighted by Gasteiger charge is 2.27. The normalized spacial score (nSPS) is 25.2. The molecule has 1 aromatic rings. The summed E-state index contributed by atoms with van der Waals surface area (Å²) in [6.07, 6.45) is 4.62. The summed E-state index contributed by atoms with van der Waals surface area (Å²) in [7, 11) is 0. The summed E-state index contributed by atoms with van der Waals surface area (Å²) in [6.45, 7) is 4.17. The van der Waals surface area contributed by atoms with E-state index in [-0.39, 0.29) is 6.04 Å². The van der Waals surface area contributed by atoms with E-state index in [1.807, 2.05) is 13.0 Å². The third-order valence-electron chi connectivity index (χ3n) is 2.85. The molecule has 2 rings (SSSR count). The van der Waals surface area contributed by atoms with Crippen LogP contribution in [0, 0.1) is 0 Å². The Balaban J connectivity index is 1.86. The number of hydrogen-bond donors (Lipinski definition) is 2. The predicted molar refractivity (Wildman–Crippen MR) is 60.3 cm³/mol. The van der Waals surface area contributed by atoms with Crippen molar-refractivity contribution in [3.63, 3.8) is 0 Å².